The minimum absolute atomic E-state index is 0.516. The Morgan fingerprint density at radius 2 is 1.96 bits per heavy atom. The molecule has 0 saturated carbocycles. The largest absolute Gasteiger partial charge is 0.451 e. The van der Waals surface area contributed by atoms with Crippen molar-refractivity contribution in [3.63, 3.8) is 0 Å². The third-order valence-corrected chi connectivity index (χ3v) is 3.66. The zero-order valence-electron chi connectivity index (χ0n) is 14.6. The standard InChI is InChI=1S/C15H18F3N5O3/c1-8-13(9(2)22(4)20-8)19-14(25)10(3)26-12(24)7-23-6-5-11(21-23)15(16,17)18/h5-6,10H,7H2,1-4H3,(H,19,25). The van der Waals surface area contributed by atoms with E-state index < -0.39 is 36.4 Å². The first-order valence-corrected chi connectivity index (χ1v) is 7.60. The second-order valence-corrected chi connectivity index (χ2v) is 5.69. The lowest BCUT2D eigenvalue weighted by atomic mass is 10.3. The fourth-order valence-corrected chi connectivity index (χ4v) is 2.20. The van der Waals surface area contributed by atoms with Crippen LogP contribution in [-0.4, -0.2) is 37.5 Å². The Morgan fingerprint density at radius 3 is 2.46 bits per heavy atom. The van der Waals surface area contributed by atoms with Gasteiger partial charge in [0.05, 0.1) is 17.1 Å². The number of carbonyl (C=O) groups is 2. The molecule has 11 heteroatoms. The Bertz CT molecular complexity index is 825. The van der Waals surface area contributed by atoms with E-state index in [0.29, 0.717) is 11.4 Å². The van der Waals surface area contributed by atoms with Gasteiger partial charge in [-0.3, -0.25) is 19.0 Å². The van der Waals surface area contributed by atoms with Crippen molar-refractivity contribution in [3.05, 3.63) is 29.3 Å². The topological polar surface area (TPSA) is 91.0 Å². The number of hydrogen-bond acceptors (Lipinski definition) is 5. The number of nitrogens with one attached hydrogen (secondary N) is 1. The summed E-state index contributed by atoms with van der Waals surface area (Å²) in [6.45, 7) is 4.30. The number of aryl methyl sites for hydroxylation is 2. The second-order valence-electron chi connectivity index (χ2n) is 5.69. The fourth-order valence-electron chi connectivity index (χ4n) is 2.20. The molecule has 0 fully saturated rings. The quantitative estimate of drug-likeness (QED) is 0.808. The Labute approximate surface area is 146 Å². The number of amides is 1. The summed E-state index contributed by atoms with van der Waals surface area (Å²) in [4.78, 5) is 24.0. The van der Waals surface area contributed by atoms with Crippen molar-refractivity contribution < 1.29 is 27.5 Å². The van der Waals surface area contributed by atoms with Gasteiger partial charge in [-0.2, -0.15) is 23.4 Å². The summed E-state index contributed by atoms with van der Waals surface area (Å²) in [5.74, 6) is -1.46. The highest BCUT2D eigenvalue weighted by Crippen LogP contribution is 2.27. The summed E-state index contributed by atoms with van der Waals surface area (Å²) in [5, 5.41) is 10.0. The van der Waals surface area contributed by atoms with Crippen molar-refractivity contribution in [2.75, 3.05) is 5.32 Å². The Morgan fingerprint density at radius 1 is 1.31 bits per heavy atom. The summed E-state index contributed by atoms with van der Waals surface area (Å²) in [7, 11) is 1.72. The predicted octanol–water partition coefficient (Wildman–Crippen LogP) is 1.82. The maximum atomic E-state index is 12.5. The van der Waals surface area contributed by atoms with E-state index in [2.05, 4.69) is 15.5 Å². The first kappa shape index (κ1) is 19.5. The lowest BCUT2D eigenvalue weighted by molar-refractivity contribution is -0.154. The predicted molar refractivity (Wildman–Crippen MR) is 84.1 cm³/mol. The van der Waals surface area contributed by atoms with Gasteiger partial charge in [0, 0.05) is 13.2 Å². The molecule has 1 unspecified atom stereocenters. The SMILES string of the molecule is Cc1nn(C)c(C)c1NC(=O)C(C)OC(=O)Cn1ccc(C(F)(F)F)n1. The molecule has 0 aromatic carbocycles. The van der Waals surface area contributed by atoms with Crippen LogP contribution in [0.25, 0.3) is 0 Å². The number of nitrogens with zero attached hydrogens (tertiary/aromatic N) is 4. The summed E-state index contributed by atoms with van der Waals surface area (Å²) in [6, 6.07) is 0.747. The van der Waals surface area contributed by atoms with Crippen LogP contribution < -0.4 is 5.32 Å². The van der Waals surface area contributed by atoms with Crippen LogP contribution in [0.1, 0.15) is 24.0 Å². The number of ether oxygens (including phenoxy) is 1. The monoisotopic (exact) mass is 373 g/mol. The van der Waals surface area contributed by atoms with Gasteiger partial charge in [-0.1, -0.05) is 0 Å². The van der Waals surface area contributed by atoms with Gasteiger partial charge in [0.15, 0.2) is 11.8 Å². The zero-order valence-corrected chi connectivity index (χ0v) is 14.6. The normalized spacial score (nSPS) is 12.7. The van der Waals surface area contributed by atoms with Gasteiger partial charge in [-0.25, -0.2) is 0 Å². The van der Waals surface area contributed by atoms with Gasteiger partial charge in [0.2, 0.25) is 0 Å². The molecule has 2 aromatic rings. The molecule has 2 rings (SSSR count). The van der Waals surface area contributed by atoms with Crippen molar-refractivity contribution in [1.82, 2.24) is 19.6 Å². The molecule has 2 heterocycles. The van der Waals surface area contributed by atoms with Crippen molar-refractivity contribution in [3.8, 4) is 0 Å². The lowest BCUT2D eigenvalue weighted by Crippen LogP contribution is -2.31. The van der Waals surface area contributed by atoms with Crippen LogP contribution in [0, 0.1) is 13.8 Å². The number of alkyl halides is 3. The van der Waals surface area contributed by atoms with E-state index in [4.69, 9.17) is 4.74 Å². The number of carbonyl (C=O) groups excluding carboxylic acids is 2. The number of anilines is 1. The van der Waals surface area contributed by atoms with Crippen LogP contribution in [-0.2, 0) is 34.1 Å². The van der Waals surface area contributed by atoms with Gasteiger partial charge in [-0.15, -0.1) is 0 Å². The fraction of sp³-hybridized carbons (Fsp3) is 0.467. The van der Waals surface area contributed by atoms with E-state index in [9.17, 15) is 22.8 Å². The third-order valence-electron chi connectivity index (χ3n) is 3.66. The molecule has 26 heavy (non-hydrogen) atoms. The molecule has 0 bridgehead atoms. The van der Waals surface area contributed by atoms with E-state index in [0.717, 1.165) is 22.6 Å². The van der Waals surface area contributed by atoms with Crippen LogP contribution in [0.3, 0.4) is 0 Å². The van der Waals surface area contributed by atoms with E-state index in [1.54, 1.807) is 25.6 Å². The number of halogens is 3. The third kappa shape index (κ3) is 4.41. The molecule has 0 aliphatic heterocycles. The van der Waals surface area contributed by atoms with Crippen LogP contribution >= 0.6 is 0 Å². The molecule has 1 amide bonds. The summed E-state index contributed by atoms with van der Waals surface area (Å²) in [5.41, 5.74) is 0.736. The average Bonchev–Trinajstić information content (AvgIpc) is 3.07. The van der Waals surface area contributed by atoms with E-state index >= 15 is 0 Å². The van der Waals surface area contributed by atoms with Crippen molar-refractivity contribution in [2.24, 2.45) is 7.05 Å². The highest BCUT2D eigenvalue weighted by atomic mass is 19.4. The highest BCUT2D eigenvalue weighted by Gasteiger charge is 2.33. The lowest BCUT2D eigenvalue weighted by Gasteiger charge is -2.14. The maximum absolute atomic E-state index is 12.5. The first-order valence-electron chi connectivity index (χ1n) is 7.60. The molecule has 1 atom stereocenters. The number of rotatable bonds is 5. The minimum atomic E-state index is -4.60. The van der Waals surface area contributed by atoms with Crippen LogP contribution in [0.2, 0.25) is 0 Å². The van der Waals surface area contributed by atoms with E-state index in [1.165, 1.54) is 6.92 Å². The molecule has 0 saturated heterocycles. The van der Waals surface area contributed by atoms with Crippen molar-refractivity contribution in [2.45, 2.75) is 39.6 Å². The smallest absolute Gasteiger partial charge is 0.435 e. The molecule has 0 aliphatic carbocycles. The molecule has 8 nitrogen and oxygen atoms in total. The molecule has 0 aliphatic rings. The maximum Gasteiger partial charge on any atom is 0.435 e. The van der Waals surface area contributed by atoms with E-state index in [-0.39, 0.29) is 0 Å². The highest BCUT2D eigenvalue weighted by molar-refractivity contribution is 5.96. The Kier molecular flexibility index (Phi) is 5.38. The molecule has 0 radical (unpaired) electrons. The summed E-state index contributed by atoms with van der Waals surface area (Å²) in [6.07, 6.45) is -4.72. The Balaban J connectivity index is 1.94. The number of esters is 1. The second kappa shape index (κ2) is 7.18. The molecule has 1 N–H and O–H groups in total. The Hall–Kier alpha value is -2.85. The summed E-state index contributed by atoms with van der Waals surface area (Å²) >= 11 is 0. The van der Waals surface area contributed by atoms with Gasteiger partial charge in [-0.05, 0) is 26.8 Å². The average molecular weight is 373 g/mol. The molecular weight excluding hydrogens is 355 g/mol. The van der Waals surface area contributed by atoms with Crippen molar-refractivity contribution >= 4 is 17.6 Å². The van der Waals surface area contributed by atoms with Crippen LogP contribution in [0.15, 0.2) is 12.3 Å². The number of aromatic nitrogens is 4. The molecule has 2 aromatic heterocycles. The van der Waals surface area contributed by atoms with Gasteiger partial charge in [0.1, 0.15) is 6.54 Å². The minimum Gasteiger partial charge on any atom is -0.451 e. The first-order chi connectivity index (χ1) is 12.0. The molecular formula is C15H18F3N5O3. The van der Waals surface area contributed by atoms with Gasteiger partial charge >= 0.3 is 12.1 Å². The van der Waals surface area contributed by atoms with Crippen LogP contribution in [0.5, 0.6) is 0 Å². The molecule has 0 spiro atoms. The van der Waals surface area contributed by atoms with E-state index in [1.807, 2.05) is 0 Å². The van der Waals surface area contributed by atoms with Crippen molar-refractivity contribution in [1.29, 1.82) is 0 Å². The molecule has 142 valence electrons. The number of hydrogen-bond donors (Lipinski definition) is 1. The van der Waals surface area contributed by atoms with Gasteiger partial charge < -0.3 is 10.1 Å². The zero-order chi connectivity index (χ0) is 19.6. The van der Waals surface area contributed by atoms with Crippen LogP contribution in [0.4, 0.5) is 18.9 Å². The van der Waals surface area contributed by atoms with Gasteiger partial charge in [0.25, 0.3) is 5.91 Å². The summed E-state index contributed by atoms with van der Waals surface area (Å²) < 4.78 is 44.8.